The van der Waals surface area contributed by atoms with Gasteiger partial charge in [-0.2, -0.15) is 132 Å². The van der Waals surface area contributed by atoms with Gasteiger partial charge in [-0.05, 0) is 74.8 Å². The zero-order valence-corrected chi connectivity index (χ0v) is 41.4. The highest BCUT2D eigenvalue weighted by Crippen LogP contribution is 2.42. The van der Waals surface area contributed by atoms with Gasteiger partial charge in [0.05, 0.1) is 44.5 Å². The van der Waals surface area contributed by atoms with E-state index in [1.807, 2.05) is 65.5 Å². The number of carbonyl (C=O) groups is 1. The topological polar surface area (TPSA) is 20.9 Å². The molecule has 0 amide bonds. The van der Waals surface area contributed by atoms with E-state index in [0.29, 0.717) is 6.54 Å². The van der Waals surface area contributed by atoms with Crippen LogP contribution < -0.4 is 26.4 Å². The molecule has 9 aromatic rings. The predicted molar refractivity (Wildman–Crippen MR) is 260 cm³/mol. The molecule has 0 saturated heterocycles. The lowest BCUT2D eigenvalue weighted by molar-refractivity contribution is -0.683. The third-order valence-electron chi connectivity index (χ3n) is 13.6. The van der Waals surface area contributed by atoms with Gasteiger partial charge < -0.3 is 0 Å². The number of fused-ring (bicyclic) bond motifs is 3. The molecular weight excluding hydrogens is 1180 g/mol. The number of ketones is 1. The summed E-state index contributed by atoms with van der Waals surface area (Å²) in [6.07, 6.45) is -50.9. The highest BCUT2D eigenvalue weighted by atomic mass is 19.4. The molecular formula is C57H30BF24NO. The number of nitrogens with zero attached hydrogens (tertiary/aromatic N) is 1. The molecule has 0 spiro atoms. The van der Waals surface area contributed by atoms with Crippen LogP contribution in [0.15, 0.2) is 170 Å². The van der Waals surface area contributed by atoms with Gasteiger partial charge in [-0.3, -0.25) is 4.79 Å². The Morgan fingerprint density at radius 3 is 0.881 bits per heavy atom. The molecule has 9 rings (SSSR count). The number of pyridine rings is 1. The third kappa shape index (κ3) is 12.9. The van der Waals surface area contributed by atoms with Gasteiger partial charge in [-0.25, -0.2) is 0 Å². The van der Waals surface area contributed by atoms with Crippen LogP contribution >= 0.6 is 0 Å². The number of Topliss-reactive ketones (excluding diaryl/α,β-unsaturated/α-hetero) is 1. The van der Waals surface area contributed by atoms with Crippen molar-refractivity contribution in [3.63, 3.8) is 0 Å². The lowest BCUT2D eigenvalue weighted by Gasteiger charge is -2.46. The maximum Gasteiger partial charge on any atom is 0.416 e. The van der Waals surface area contributed by atoms with Gasteiger partial charge in [0.2, 0.25) is 12.3 Å². The molecule has 0 unspecified atom stereocenters. The van der Waals surface area contributed by atoms with Crippen molar-refractivity contribution in [2.75, 3.05) is 0 Å². The van der Waals surface area contributed by atoms with E-state index in [2.05, 4.69) is 36.4 Å². The van der Waals surface area contributed by atoms with E-state index in [-0.39, 0.29) is 5.78 Å². The summed E-state index contributed by atoms with van der Waals surface area (Å²) < 4.78 is 343. The molecule has 0 aliphatic rings. The Hall–Kier alpha value is -8.26. The van der Waals surface area contributed by atoms with E-state index >= 15 is 0 Å². The van der Waals surface area contributed by atoms with Crippen LogP contribution in [0.25, 0.3) is 32.3 Å². The number of hydrogen-bond acceptors (Lipinski definition) is 1. The molecule has 0 bridgehead atoms. The van der Waals surface area contributed by atoms with Crippen LogP contribution in [0.4, 0.5) is 105 Å². The highest BCUT2D eigenvalue weighted by molar-refractivity contribution is 7.20. The summed E-state index contributed by atoms with van der Waals surface area (Å²) >= 11 is 0. The smallest absolute Gasteiger partial charge is 0.287 e. The van der Waals surface area contributed by atoms with Crippen molar-refractivity contribution in [3.05, 3.63) is 220 Å². The summed E-state index contributed by atoms with van der Waals surface area (Å²) in [5, 5.41) is 6.59. The maximum absolute atomic E-state index is 14.2. The number of rotatable bonds is 7. The molecule has 0 aliphatic carbocycles. The first-order chi connectivity index (χ1) is 38.6. The minimum atomic E-state index is -6.13. The van der Waals surface area contributed by atoms with Crippen molar-refractivity contribution in [2.24, 2.45) is 0 Å². The molecule has 2 nitrogen and oxygen atoms in total. The third-order valence-corrected chi connectivity index (χ3v) is 13.6. The number of halogens is 24. The van der Waals surface area contributed by atoms with Gasteiger partial charge in [0, 0.05) is 17.7 Å². The number of carbonyl (C=O) groups excluding carboxylic acids is 1. The zero-order valence-electron chi connectivity index (χ0n) is 41.4. The largest absolute Gasteiger partial charge is 0.416 e. The lowest BCUT2D eigenvalue weighted by atomic mass is 9.12. The highest BCUT2D eigenvalue weighted by Gasteiger charge is 2.47. The van der Waals surface area contributed by atoms with Crippen LogP contribution in [0.3, 0.4) is 0 Å². The summed E-state index contributed by atoms with van der Waals surface area (Å²) in [6.45, 7) is 0.330. The molecule has 0 radical (unpaired) electrons. The summed E-state index contributed by atoms with van der Waals surface area (Å²) in [7, 11) is 0. The Balaban J connectivity index is 0.000000280. The minimum absolute atomic E-state index is 0.128. The Bertz CT molecular complexity index is 3520. The van der Waals surface area contributed by atoms with Gasteiger partial charge in [-0.15, -0.1) is 0 Å². The number of hydrogen-bond donors (Lipinski definition) is 0. The fourth-order valence-corrected chi connectivity index (χ4v) is 9.91. The summed E-state index contributed by atoms with van der Waals surface area (Å²) in [4.78, 5) is 13.4. The average molecular weight is 1210 g/mol. The second-order valence-corrected chi connectivity index (χ2v) is 19.1. The molecule has 8 aromatic carbocycles. The van der Waals surface area contributed by atoms with Crippen LogP contribution in [-0.4, -0.2) is 11.9 Å². The average Bonchev–Trinajstić information content (AvgIpc) is 0.953. The predicted octanol–water partition coefficient (Wildman–Crippen LogP) is 16.5. The molecule has 0 aliphatic heterocycles. The van der Waals surface area contributed by atoms with Gasteiger partial charge >= 0.3 is 49.4 Å². The Morgan fingerprint density at radius 1 is 0.298 bits per heavy atom. The van der Waals surface area contributed by atoms with Crippen molar-refractivity contribution in [3.8, 4) is 0 Å². The Kier molecular flexibility index (Phi) is 15.8. The SMILES string of the molecule is FC(F)(F)c1cc([B-](c2cc(C(F)(F)F)cc(C(F)(F)F)c2)(c2cc(C(F)(F)F)cc(C(F)(F)F)c2)c2cc(C(F)(F)F)cc(C(F)(F)F)c2)cc(C(F)(F)F)c1.O=C(C[n+]1ccccc1)c1c2ccccc2cc2cc3ccccc3cc12. The molecule has 0 fully saturated rings. The molecule has 0 atom stereocenters. The minimum Gasteiger partial charge on any atom is -0.287 e. The van der Waals surface area contributed by atoms with Crippen molar-refractivity contribution >= 4 is 66.1 Å². The monoisotopic (exact) mass is 1210 g/mol. The summed E-state index contributed by atoms with van der Waals surface area (Å²) in [5.41, 5.74) is -29.4. The molecule has 1 heterocycles. The number of alkyl halides is 24. The van der Waals surface area contributed by atoms with Crippen LogP contribution in [0.1, 0.15) is 54.9 Å². The first kappa shape index (κ1) is 61.8. The molecule has 1 aromatic heterocycles. The molecule has 84 heavy (non-hydrogen) atoms. The van der Waals surface area contributed by atoms with Crippen molar-refractivity contribution < 1.29 is 115 Å². The molecule has 0 N–H and O–H groups in total. The van der Waals surface area contributed by atoms with Crippen LogP contribution in [0.5, 0.6) is 0 Å². The van der Waals surface area contributed by atoms with Crippen LogP contribution in [0.2, 0.25) is 0 Å². The molecule has 0 saturated carbocycles. The van der Waals surface area contributed by atoms with E-state index in [0.717, 1.165) is 32.5 Å². The van der Waals surface area contributed by atoms with E-state index in [9.17, 15) is 110 Å². The zero-order chi connectivity index (χ0) is 62.1. The fraction of sp³-hybridized carbons (Fsp3) is 0.158. The van der Waals surface area contributed by atoms with Gasteiger partial charge in [-0.1, -0.05) is 103 Å². The van der Waals surface area contributed by atoms with Crippen LogP contribution in [0, 0.1) is 0 Å². The van der Waals surface area contributed by atoms with Crippen molar-refractivity contribution in [1.29, 1.82) is 0 Å². The van der Waals surface area contributed by atoms with Crippen molar-refractivity contribution in [2.45, 2.75) is 56.0 Å². The second kappa shape index (κ2) is 21.4. The van der Waals surface area contributed by atoms with E-state index in [1.54, 1.807) is 0 Å². The normalized spacial score (nSPS) is 13.3. The molecule has 27 heteroatoms. The number of benzene rings is 8. The van der Waals surface area contributed by atoms with Gasteiger partial charge in [0.1, 0.15) is 6.15 Å². The Morgan fingerprint density at radius 2 is 0.571 bits per heavy atom. The summed E-state index contributed by atoms with van der Waals surface area (Å²) in [6, 6.07) is 20.0. The van der Waals surface area contributed by atoms with E-state index < -0.39 is 195 Å². The van der Waals surface area contributed by atoms with Crippen molar-refractivity contribution in [1.82, 2.24) is 0 Å². The lowest BCUT2D eigenvalue weighted by Crippen LogP contribution is -2.75. The van der Waals surface area contributed by atoms with Gasteiger partial charge in [0.15, 0.2) is 12.4 Å². The maximum atomic E-state index is 14.2. The first-order valence-corrected chi connectivity index (χ1v) is 23.7. The quantitative estimate of drug-likeness (QED) is 0.0512. The van der Waals surface area contributed by atoms with Crippen LogP contribution in [-0.2, 0) is 56.0 Å². The van der Waals surface area contributed by atoms with E-state index in [4.69, 9.17) is 0 Å². The standard InChI is InChI=1S/C32H12BF24.C25H18NO/c34-25(35,36)13-1-14(26(37,38)39)6-21(5-13)33(22-7-15(27(40,41)42)2-16(8-22)28(43,44)45,23-9-17(29(46,47)48)3-18(10-23)30(49,50)51)24-11-19(31(52,53)54)4-20(12-24)32(55,56)57;27-24(17-26-12-6-1-7-13-26)25-22-11-5-4-10-20(22)15-21-14-18-8-2-3-9-19(18)16-23(21)25/h1-12H;1-16H,17H2/q-1;+1. The first-order valence-electron chi connectivity index (χ1n) is 23.7. The number of aromatic nitrogens is 1. The Labute approximate surface area is 456 Å². The molecule has 440 valence electrons. The second-order valence-electron chi connectivity index (χ2n) is 19.1. The fourth-order valence-electron chi connectivity index (χ4n) is 9.91. The summed E-state index contributed by atoms with van der Waals surface area (Å²) in [5.74, 6) is 0.128. The van der Waals surface area contributed by atoms with E-state index in [1.165, 1.54) is 5.39 Å². The van der Waals surface area contributed by atoms with Gasteiger partial charge in [0.25, 0.3) is 0 Å².